The van der Waals surface area contributed by atoms with Gasteiger partial charge in [-0.2, -0.15) is 0 Å². The Morgan fingerprint density at radius 1 is 0.660 bits per heavy atom. The van der Waals surface area contributed by atoms with Gasteiger partial charge in [-0.25, -0.2) is 4.98 Å². The zero-order chi connectivity index (χ0) is 69.9. The quantitative estimate of drug-likeness (QED) is 0.0117. The Labute approximate surface area is 557 Å². The first kappa shape index (κ1) is 71.9. The molecule has 97 heavy (non-hydrogen) atoms. The minimum Gasteiger partial charge on any atom is -0.508 e. The smallest absolute Gasteiger partial charge is 0.245 e. The number of guanidine groups is 1. The number of nitrogens with one attached hydrogen (secondary N) is 14. The molecule has 11 amide bonds. The largest absolute Gasteiger partial charge is 0.508 e. The summed E-state index contributed by atoms with van der Waals surface area (Å²) in [7, 11) is 0. The van der Waals surface area contributed by atoms with Crippen LogP contribution in [0.25, 0.3) is 21.8 Å². The molecule has 32 nitrogen and oxygen atoms in total. The average molecular weight is 1340 g/mol. The molecule has 0 saturated carbocycles. The van der Waals surface area contributed by atoms with E-state index in [0.29, 0.717) is 50.6 Å². The van der Waals surface area contributed by atoms with Crippen molar-refractivity contribution in [1.82, 2.24) is 78.0 Å². The summed E-state index contributed by atoms with van der Waals surface area (Å²) in [5.74, 6) is -9.31. The normalized spacial score (nSPS) is 16.7. The summed E-state index contributed by atoms with van der Waals surface area (Å²) in [6.07, 6.45) is 6.36. The predicted molar refractivity (Wildman–Crippen MR) is 352 cm³/mol. The standard InChI is InChI=1S/C65H84N18O14/c1-65(2,3)97-33-51(61(94)79-47(25-36-28-71-42-12-6-4-10-40(36)42)57(90)76-45(14-8-22-70-64(67)68)63(96)83-23-9-15-52(83)62(95)73-31-53(66)86)82-56(89)46(24-35-16-18-39(85)19-17-35)77-60(93)50(32-84)81-58(91)48(26-37-29-72-43-13-7-5-11-41(37)43)78-59(92)49(27-38-30-69-34-74-38)80-55(88)44-20-21-54(87)75-44/h4-7,10-13,16-19,28-30,34,44-52,71-72,84-85H,8-9,14-15,20-27,31-33H2,1-3H3,(H2,66,86)(H,69,74)(H,73,95)(H,75,87)(H,76,90)(H,77,93)(H,78,92)(H,79,94)(H,80,88)(H,81,91)(H,82,89)(H4,67,68,70)/t44-,45-,46-,47-,48-,49-,50-,51+,52-/m0/s1. The number of ether oxygens (including phenoxy) is 1. The first-order valence-corrected chi connectivity index (χ1v) is 31.8. The van der Waals surface area contributed by atoms with E-state index in [1.165, 1.54) is 41.7 Å². The van der Waals surface area contributed by atoms with E-state index in [-0.39, 0.29) is 88.5 Å². The Bertz CT molecular complexity index is 3810. The first-order valence-electron chi connectivity index (χ1n) is 31.8. The van der Waals surface area contributed by atoms with Crippen molar-refractivity contribution in [2.45, 2.75) is 145 Å². The number of amides is 11. The molecule has 2 aliphatic heterocycles. The number of nitrogens with zero attached hydrogens (tertiary/aromatic N) is 2. The number of aromatic nitrogens is 4. The lowest BCUT2D eigenvalue weighted by Gasteiger charge is -2.31. The highest BCUT2D eigenvalue weighted by molar-refractivity contribution is 6.00. The Balaban J connectivity index is 1.05. The molecule has 32 heteroatoms. The van der Waals surface area contributed by atoms with Crippen molar-refractivity contribution >= 4 is 92.7 Å². The van der Waals surface area contributed by atoms with E-state index in [1.807, 2.05) is 0 Å². The van der Waals surface area contributed by atoms with Gasteiger partial charge in [0.25, 0.3) is 0 Å². The predicted octanol–water partition coefficient (Wildman–Crippen LogP) is -2.32. The van der Waals surface area contributed by atoms with Gasteiger partial charge in [0.15, 0.2) is 5.96 Å². The fraction of sp³-hybridized carbons (Fsp3) is 0.431. The highest BCUT2D eigenvalue weighted by atomic mass is 16.5. The molecule has 0 aliphatic carbocycles. The van der Waals surface area contributed by atoms with E-state index in [0.717, 1.165) is 0 Å². The Morgan fingerprint density at radius 2 is 1.20 bits per heavy atom. The van der Waals surface area contributed by atoms with Crippen molar-refractivity contribution in [1.29, 1.82) is 5.41 Å². The van der Waals surface area contributed by atoms with E-state index in [4.69, 9.17) is 21.6 Å². The van der Waals surface area contributed by atoms with Crippen LogP contribution in [0.3, 0.4) is 0 Å². The number of para-hydroxylation sites is 2. The van der Waals surface area contributed by atoms with E-state index >= 15 is 14.4 Å². The van der Waals surface area contributed by atoms with Crippen LogP contribution in [0, 0.1) is 5.41 Å². The highest BCUT2D eigenvalue weighted by Gasteiger charge is 2.40. The first-order chi connectivity index (χ1) is 46.3. The number of fused-ring (bicyclic) bond motifs is 2. The van der Waals surface area contributed by atoms with Gasteiger partial charge in [0.05, 0.1) is 37.4 Å². The number of likely N-dealkylation sites (tertiary alicyclic amines) is 1. The number of phenolic OH excluding ortho intramolecular Hbond substituents is 1. The van der Waals surface area contributed by atoms with E-state index in [1.54, 1.807) is 81.7 Å². The van der Waals surface area contributed by atoms with Crippen LogP contribution in [0.5, 0.6) is 5.75 Å². The number of aromatic amines is 3. The van der Waals surface area contributed by atoms with Crippen molar-refractivity contribution in [2.24, 2.45) is 11.5 Å². The zero-order valence-corrected chi connectivity index (χ0v) is 53.9. The van der Waals surface area contributed by atoms with Crippen LogP contribution in [-0.2, 0) is 83.2 Å². The van der Waals surface area contributed by atoms with Gasteiger partial charge in [-0.1, -0.05) is 48.5 Å². The minimum absolute atomic E-state index is 0.0431. The second kappa shape index (κ2) is 33.5. The third-order valence-corrected chi connectivity index (χ3v) is 16.4. The number of phenols is 1. The van der Waals surface area contributed by atoms with Gasteiger partial charge < -0.3 is 99.4 Å². The van der Waals surface area contributed by atoms with E-state index in [9.17, 15) is 48.6 Å². The summed E-state index contributed by atoms with van der Waals surface area (Å²) in [4.78, 5) is 168. The van der Waals surface area contributed by atoms with Crippen LogP contribution < -0.4 is 64.6 Å². The molecular weight excluding hydrogens is 1260 g/mol. The molecule has 3 aromatic heterocycles. The summed E-state index contributed by atoms with van der Waals surface area (Å²) < 4.78 is 6.11. The summed E-state index contributed by atoms with van der Waals surface area (Å²) in [5, 5.41) is 56.6. The van der Waals surface area contributed by atoms with Crippen LogP contribution in [0.1, 0.15) is 81.7 Å². The number of carbonyl (C=O) groups is 11. The van der Waals surface area contributed by atoms with Crippen molar-refractivity contribution in [2.75, 3.05) is 32.8 Å². The Hall–Kier alpha value is -10.9. The number of rotatable bonds is 33. The van der Waals surface area contributed by atoms with Gasteiger partial charge in [-0.3, -0.25) is 58.1 Å². The number of H-pyrrole nitrogens is 3. The van der Waals surface area contributed by atoms with Gasteiger partial charge in [0, 0.05) is 85.6 Å². The lowest BCUT2D eigenvalue weighted by molar-refractivity contribution is -0.142. The number of nitrogens with two attached hydrogens (primary N) is 2. The van der Waals surface area contributed by atoms with Crippen LogP contribution >= 0.6 is 0 Å². The molecule has 9 atom stereocenters. The second-order valence-corrected chi connectivity index (χ2v) is 24.8. The molecule has 0 spiro atoms. The van der Waals surface area contributed by atoms with E-state index < -0.39 is 139 Å². The van der Waals surface area contributed by atoms with Crippen LogP contribution in [0.2, 0.25) is 0 Å². The molecule has 518 valence electrons. The lowest BCUT2D eigenvalue weighted by atomic mass is 10.0. The van der Waals surface area contributed by atoms with Gasteiger partial charge in [0.1, 0.15) is 60.1 Å². The summed E-state index contributed by atoms with van der Waals surface area (Å²) >= 11 is 0. The summed E-state index contributed by atoms with van der Waals surface area (Å²) in [6, 6.07) is 7.19. The molecule has 3 aromatic carbocycles. The van der Waals surface area contributed by atoms with Crippen molar-refractivity contribution in [3.05, 3.63) is 120 Å². The van der Waals surface area contributed by atoms with Crippen LogP contribution in [-0.4, -0.2) is 199 Å². The third-order valence-electron chi connectivity index (χ3n) is 16.4. The number of aliphatic hydroxyl groups is 1. The number of aliphatic hydroxyl groups excluding tert-OH is 1. The van der Waals surface area contributed by atoms with E-state index in [2.05, 4.69) is 73.1 Å². The fourth-order valence-electron chi connectivity index (χ4n) is 11.4. The number of hydrogen-bond donors (Lipinski definition) is 18. The maximum absolute atomic E-state index is 15.1. The topological polar surface area (TPSA) is 497 Å². The molecule has 0 bridgehead atoms. The lowest BCUT2D eigenvalue weighted by Crippen LogP contribution is -2.62. The Morgan fingerprint density at radius 3 is 1.73 bits per heavy atom. The van der Waals surface area contributed by atoms with Crippen LogP contribution in [0.4, 0.5) is 0 Å². The number of hydrogen-bond acceptors (Lipinski definition) is 16. The maximum atomic E-state index is 15.1. The number of carbonyl (C=O) groups excluding carboxylic acids is 11. The fourth-order valence-corrected chi connectivity index (χ4v) is 11.4. The van der Waals surface area contributed by atoms with Crippen molar-refractivity contribution in [3.8, 4) is 5.75 Å². The molecule has 0 unspecified atom stereocenters. The van der Waals surface area contributed by atoms with Crippen LogP contribution in [0.15, 0.2) is 97.7 Å². The van der Waals surface area contributed by atoms with Gasteiger partial charge >= 0.3 is 0 Å². The number of imidazole rings is 1. The highest BCUT2D eigenvalue weighted by Crippen LogP contribution is 2.24. The maximum Gasteiger partial charge on any atom is 0.245 e. The van der Waals surface area contributed by atoms with Gasteiger partial charge in [-0.15, -0.1) is 0 Å². The molecule has 20 N–H and O–H groups in total. The third kappa shape index (κ3) is 20.6. The number of aromatic hydroxyl groups is 1. The monoisotopic (exact) mass is 1340 g/mol. The number of benzene rings is 3. The Kier molecular flexibility index (Phi) is 24.8. The van der Waals surface area contributed by atoms with Gasteiger partial charge in [0.2, 0.25) is 65.0 Å². The molecule has 2 fully saturated rings. The molecule has 0 radical (unpaired) electrons. The zero-order valence-electron chi connectivity index (χ0n) is 53.9. The SMILES string of the molecule is CC(C)(C)OC[C@@H](NC(=O)[C@H](Cc1ccc(O)cc1)NC(=O)[C@H](CO)NC(=O)[C@H](Cc1c[nH]c2ccccc12)NC(=O)[C@H](Cc1c[nH]cn1)NC(=O)[C@@H]1CCC(=O)N1)C(=O)N[C@@H](Cc1c[nH]c2ccccc12)C(=O)N[C@@H](CCCNC(=N)N)C(=O)N1CCC[C@H]1C(=O)NCC(N)=O. The number of primary amides is 1. The van der Waals surface area contributed by atoms with Crippen molar-refractivity contribution in [3.63, 3.8) is 0 Å². The second-order valence-electron chi connectivity index (χ2n) is 24.8. The van der Waals surface area contributed by atoms with Crippen molar-refractivity contribution < 1.29 is 67.7 Å². The molecule has 2 saturated heterocycles. The summed E-state index contributed by atoms with van der Waals surface area (Å²) in [5.41, 5.74) is 13.1. The molecule has 5 heterocycles. The minimum atomic E-state index is -1.82. The molecule has 2 aliphatic rings. The molecular formula is C65H84N18O14. The molecule has 8 rings (SSSR count). The molecule has 6 aromatic rings. The summed E-state index contributed by atoms with van der Waals surface area (Å²) in [6.45, 7) is 3.25. The average Bonchev–Trinajstić information content (AvgIpc) is 1.75. The van der Waals surface area contributed by atoms with Gasteiger partial charge in [-0.05, 0) is 93.8 Å².